The number of furan rings is 1. The topological polar surface area (TPSA) is 33.2 Å². The summed E-state index contributed by atoms with van der Waals surface area (Å²) in [4.78, 5) is 6.59. The summed E-state index contributed by atoms with van der Waals surface area (Å²) in [5, 5.41) is 2.15. The smallest absolute Gasteiger partial charge is 0.399 e. The second kappa shape index (κ2) is 6.38. The summed E-state index contributed by atoms with van der Waals surface area (Å²) in [6.45, 7) is 2.27. The Hall–Kier alpha value is -3.34. The summed E-state index contributed by atoms with van der Waals surface area (Å²) >= 11 is 0. The predicted octanol–water partition coefficient (Wildman–Crippen LogP) is 1.53. The van der Waals surface area contributed by atoms with Crippen LogP contribution in [0.15, 0.2) is 65.3 Å². The van der Waals surface area contributed by atoms with Crippen molar-refractivity contribution in [3.05, 3.63) is 77.1 Å². The molecule has 0 aliphatic carbocycles. The lowest BCUT2D eigenvalue weighted by molar-refractivity contribution is -0.653. The highest BCUT2D eigenvalue weighted by Gasteiger charge is 2.31. The molecule has 0 unspecified atom stereocenters. The Morgan fingerprint density at radius 2 is 1.93 bits per heavy atom. The maximum Gasteiger partial charge on any atom is 0.399 e. The molecule has 1 aliphatic rings. The number of hydrogen-bond acceptors (Lipinski definition) is 3. The van der Waals surface area contributed by atoms with E-state index < -0.39 is 0 Å². The van der Waals surface area contributed by atoms with Crippen molar-refractivity contribution in [3.63, 3.8) is 0 Å². The van der Waals surface area contributed by atoms with E-state index in [9.17, 15) is 0 Å². The summed E-state index contributed by atoms with van der Waals surface area (Å²) in [5.74, 6) is 2.19. The standard InChI is InChI=1S/C23H21BN3O/c1-16-12-22(26(2)14-19(16)17-8-5-4-6-9-17)24-13-21-20(15-27(24)3)18-10-7-11-25-23(18)28-21/h4-15H,1-3H3/q+1. The van der Waals surface area contributed by atoms with Gasteiger partial charge in [0.1, 0.15) is 12.5 Å². The maximum atomic E-state index is 6.02. The van der Waals surface area contributed by atoms with Crippen molar-refractivity contribution in [2.45, 2.75) is 6.92 Å². The van der Waals surface area contributed by atoms with Crippen LogP contribution in [0.3, 0.4) is 0 Å². The van der Waals surface area contributed by atoms with E-state index in [-0.39, 0.29) is 6.85 Å². The van der Waals surface area contributed by atoms with Gasteiger partial charge in [-0.3, -0.25) is 0 Å². The Morgan fingerprint density at radius 3 is 2.75 bits per heavy atom. The number of aromatic nitrogens is 2. The molecule has 0 spiro atoms. The third kappa shape index (κ3) is 2.62. The molecule has 1 aliphatic heterocycles. The number of hydrogen-bond donors (Lipinski definition) is 0. The number of aryl methyl sites for hydroxylation is 2. The van der Waals surface area contributed by atoms with E-state index in [0.717, 1.165) is 16.0 Å². The zero-order valence-electron chi connectivity index (χ0n) is 16.3. The van der Waals surface area contributed by atoms with E-state index in [0.29, 0.717) is 5.71 Å². The minimum Gasteiger partial charge on any atom is -0.439 e. The molecule has 0 saturated heterocycles. The molecule has 5 heteroatoms. The largest absolute Gasteiger partial charge is 0.439 e. The minimum atomic E-state index is 0.0987. The van der Waals surface area contributed by atoms with Gasteiger partial charge in [0.2, 0.25) is 5.71 Å². The molecule has 0 radical (unpaired) electrons. The summed E-state index contributed by atoms with van der Waals surface area (Å²) < 4.78 is 8.23. The van der Waals surface area contributed by atoms with Crippen LogP contribution in [-0.4, -0.2) is 23.7 Å². The second-order valence-electron chi connectivity index (χ2n) is 7.41. The van der Waals surface area contributed by atoms with Gasteiger partial charge in [-0.2, -0.15) is 0 Å². The van der Waals surface area contributed by atoms with E-state index in [1.165, 1.54) is 22.3 Å². The first-order valence-electron chi connectivity index (χ1n) is 9.46. The van der Waals surface area contributed by atoms with E-state index in [1.54, 1.807) is 6.20 Å². The lowest BCUT2D eigenvalue weighted by Crippen LogP contribution is -2.60. The first-order chi connectivity index (χ1) is 13.6. The molecule has 0 bridgehead atoms. The number of pyridine rings is 2. The van der Waals surface area contributed by atoms with Crippen LogP contribution >= 0.6 is 0 Å². The number of rotatable bonds is 2. The minimum absolute atomic E-state index is 0.0987. The molecule has 0 fully saturated rings. The van der Waals surface area contributed by atoms with Crippen LogP contribution in [0, 0.1) is 6.92 Å². The van der Waals surface area contributed by atoms with E-state index in [1.807, 2.05) is 6.07 Å². The molecule has 28 heavy (non-hydrogen) atoms. The third-order valence-corrected chi connectivity index (χ3v) is 5.52. The average molecular weight is 366 g/mol. The molecular weight excluding hydrogens is 345 g/mol. The van der Waals surface area contributed by atoms with E-state index in [4.69, 9.17) is 4.42 Å². The second-order valence-corrected chi connectivity index (χ2v) is 7.41. The number of nitrogens with zero attached hydrogens (tertiary/aromatic N) is 3. The maximum absolute atomic E-state index is 6.02. The van der Waals surface area contributed by atoms with Crippen molar-refractivity contribution in [2.24, 2.45) is 7.05 Å². The van der Waals surface area contributed by atoms with Gasteiger partial charge in [-0.1, -0.05) is 30.3 Å². The van der Waals surface area contributed by atoms with Crippen molar-refractivity contribution in [3.8, 4) is 11.1 Å². The van der Waals surface area contributed by atoms with Crippen molar-refractivity contribution in [1.82, 2.24) is 9.79 Å². The van der Waals surface area contributed by atoms with Crippen LogP contribution in [0.25, 0.3) is 34.4 Å². The molecule has 3 aromatic heterocycles. The first-order valence-corrected chi connectivity index (χ1v) is 9.46. The molecular formula is C23H21BN3O+. The quantitative estimate of drug-likeness (QED) is 0.399. The third-order valence-electron chi connectivity index (χ3n) is 5.52. The normalized spacial score (nSPS) is 13.2. The van der Waals surface area contributed by atoms with Gasteiger partial charge in [-0.25, -0.2) is 9.55 Å². The van der Waals surface area contributed by atoms with Gasteiger partial charge in [0.25, 0.3) is 0 Å². The molecule has 4 aromatic rings. The molecule has 0 atom stereocenters. The lowest BCUT2D eigenvalue weighted by atomic mass is 9.56. The van der Waals surface area contributed by atoms with Crippen molar-refractivity contribution < 1.29 is 8.98 Å². The average Bonchev–Trinajstić information content (AvgIpc) is 3.07. The van der Waals surface area contributed by atoms with Crippen molar-refractivity contribution in [1.29, 1.82) is 0 Å². The Bertz CT molecular complexity index is 1310. The zero-order valence-corrected chi connectivity index (χ0v) is 16.3. The van der Waals surface area contributed by atoms with Crippen molar-refractivity contribution in [2.75, 3.05) is 7.05 Å². The molecule has 4 heterocycles. The summed E-state index contributed by atoms with van der Waals surface area (Å²) in [5.41, 5.74) is 6.55. The zero-order chi connectivity index (χ0) is 19.3. The molecule has 0 amide bonds. The summed E-state index contributed by atoms with van der Waals surface area (Å²) in [6.07, 6.45) is 6.15. The Labute approximate surface area is 164 Å². The van der Waals surface area contributed by atoms with Gasteiger partial charge < -0.3 is 9.23 Å². The van der Waals surface area contributed by atoms with Crippen LogP contribution in [0.2, 0.25) is 0 Å². The fourth-order valence-electron chi connectivity index (χ4n) is 4.05. The fraction of sp³-hybridized carbons (Fsp3) is 0.130. The Kier molecular flexibility index (Phi) is 3.83. The molecule has 1 aromatic carbocycles. The molecule has 136 valence electrons. The van der Waals surface area contributed by atoms with Crippen LogP contribution in [0.1, 0.15) is 5.56 Å². The van der Waals surface area contributed by atoms with Crippen LogP contribution in [-0.2, 0) is 7.05 Å². The van der Waals surface area contributed by atoms with Gasteiger partial charge >= 0.3 is 6.85 Å². The highest BCUT2D eigenvalue weighted by molar-refractivity contribution is 6.82. The first kappa shape index (κ1) is 16.8. The van der Waals surface area contributed by atoms with E-state index in [2.05, 4.69) is 96.2 Å². The molecule has 0 N–H and O–H groups in total. The molecule has 5 rings (SSSR count). The Morgan fingerprint density at radius 1 is 1.11 bits per heavy atom. The molecule has 4 nitrogen and oxygen atoms in total. The van der Waals surface area contributed by atoms with Gasteiger partial charge in [-0.15, -0.1) is 0 Å². The van der Waals surface area contributed by atoms with Gasteiger partial charge in [0, 0.05) is 28.4 Å². The van der Waals surface area contributed by atoms with Gasteiger partial charge in [-0.05, 0) is 49.4 Å². The SMILES string of the molecule is Cc1cc(B2C=c3oc4ncccc4c3=CN2C)[n+](C)cc1-c1ccccc1. The van der Waals surface area contributed by atoms with Gasteiger partial charge in [0.15, 0.2) is 11.8 Å². The van der Waals surface area contributed by atoms with Gasteiger partial charge in [0.05, 0.1) is 0 Å². The highest BCUT2D eigenvalue weighted by atomic mass is 16.3. The van der Waals surface area contributed by atoms with Crippen LogP contribution in [0.4, 0.5) is 0 Å². The molecule has 0 saturated carbocycles. The monoisotopic (exact) mass is 366 g/mol. The lowest BCUT2D eigenvalue weighted by Gasteiger charge is -2.21. The number of fused-ring (bicyclic) bond motifs is 3. The predicted molar refractivity (Wildman–Crippen MR) is 113 cm³/mol. The highest BCUT2D eigenvalue weighted by Crippen LogP contribution is 2.20. The summed E-state index contributed by atoms with van der Waals surface area (Å²) in [7, 11) is 4.22. The van der Waals surface area contributed by atoms with Crippen molar-refractivity contribution >= 4 is 35.7 Å². The van der Waals surface area contributed by atoms with Crippen LogP contribution in [0.5, 0.6) is 0 Å². The Balaban J connectivity index is 1.64. The van der Waals surface area contributed by atoms with Crippen LogP contribution < -0.4 is 20.8 Å². The fourth-order valence-corrected chi connectivity index (χ4v) is 4.05. The number of benzene rings is 1. The summed E-state index contributed by atoms with van der Waals surface area (Å²) in [6, 6.07) is 16.8. The van der Waals surface area contributed by atoms with E-state index >= 15 is 0 Å².